The third kappa shape index (κ3) is 4.76. The molecule has 7 nitrogen and oxygen atoms in total. The van der Waals surface area contributed by atoms with Crippen molar-refractivity contribution in [2.75, 3.05) is 23.7 Å². The molecule has 1 aliphatic heterocycles. The van der Waals surface area contributed by atoms with Gasteiger partial charge in [0.1, 0.15) is 18.8 Å². The van der Waals surface area contributed by atoms with Crippen LogP contribution in [0, 0.1) is 11.6 Å². The second kappa shape index (κ2) is 8.24. The Bertz CT molecular complexity index is 1020. The van der Waals surface area contributed by atoms with E-state index in [1.165, 1.54) is 6.92 Å². The van der Waals surface area contributed by atoms with E-state index in [1.54, 1.807) is 18.2 Å². The molecule has 1 heterocycles. The lowest BCUT2D eigenvalue weighted by Crippen LogP contribution is -2.50. The SMILES string of the molecule is C[C@H](C(=O)NC[C@H]1COc2ccccc2O1)N(c1ccc(F)c(F)c1)S(C)(=O)=O. The molecule has 0 fully saturated rings. The van der Waals surface area contributed by atoms with Gasteiger partial charge in [-0.3, -0.25) is 9.10 Å². The van der Waals surface area contributed by atoms with E-state index in [4.69, 9.17) is 9.47 Å². The van der Waals surface area contributed by atoms with Crippen LogP contribution in [0.1, 0.15) is 6.92 Å². The minimum atomic E-state index is -3.95. The van der Waals surface area contributed by atoms with Crippen LogP contribution in [0.3, 0.4) is 0 Å². The normalized spacial score (nSPS) is 16.8. The Morgan fingerprint density at radius 2 is 1.90 bits per heavy atom. The summed E-state index contributed by atoms with van der Waals surface area (Å²) in [7, 11) is -3.95. The van der Waals surface area contributed by atoms with Crippen molar-refractivity contribution in [2.24, 2.45) is 0 Å². The molecular formula is C19H20F2N2O5S. The number of rotatable bonds is 6. The average molecular weight is 426 g/mol. The summed E-state index contributed by atoms with van der Waals surface area (Å²) < 4.78 is 63.2. The van der Waals surface area contributed by atoms with Crippen molar-refractivity contribution in [1.82, 2.24) is 5.32 Å². The predicted molar refractivity (Wildman–Crippen MR) is 103 cm³/mol. The maximum atomic E-state index is 13.6. The number of nitrogens with one attached hydrogen (secondary N) is 1. The number of sulfonamides is 1. The summed E-state index contributed by atoms with van der Waals surface area (Å²) in [4.78, 5) is 12.6. The first-order valence-electron chi connectivity index (χ1n) is 8.77. The van der Waals surface area contributed by atoms with Gasteiger partial charge in [0.2, 0.25) is 15.9 Å². The fraction of sp³-hybridized carbons (Fsp3) is 0.316. The zero-order valence-corrected chi connectivity index (χ0v) is 16.6. The van der Waals surface area contributed by atoms with E-state index in [0.29, 0.717) is 11.5 Å². The first kappa shape index (κ1) is 20.8. The summed E-state index contributed by atoms with van der Waals surface area (Å²) in [5.41, 5.74) is -0.153. The maximum Gasteiger partial charge on any atom is 0.243 e. The highest BCUT2D eigenvalue weighted by molar-refractivity contribution is 7.92. The quantitative estimate of drug-likeness (QED) is 0.765. The number of fused-ring (bicyclic) bond motifs is 1. The Morgan fingerprint density at radius 1 is 1.21 bits per heavy atom. The molecule has 1 aliphatic rings. The van der Waals surface area contributed by atoms with Crippen LogP contribution < -0.4 is 19.1 Å². The monoisotopic (exact) mass is 426 g/mol. The molecule has 156 valence electrons. The summed E-state index contributed by atoms with van der Waals surface area (Å²) in [6.45, 7) is 1.64. The number of amides is 1. The summed E-state index contributed by atoms with van der Waals surface area (Å²) >= 11 is 0. The third-order valence-corrected chi connectivity index (χ3v) is 5.56. The number of anilines is 1. The lowest BCUT2D eigenvalue weighted by molar-refractivity contribution is -0.122. The second-order valence-electron chi connectivity index (χ2n) is 6.58. The molecule has 2 atom stereocenters. The molecule has 0 aromatic heterocycles. The molecule has 0 saturated carbocycles. The number of nitrogens with zero attached hydrogens (tertiary/aromatic N) is 1. The number of hydrogen-bond donors (Lipinski definition) is 1. The van der Waals surface area contributed by atoms with Crippen molar-refractivity contribution in [2.45, 2.75) is 19.1 Å². The zero-order chi connectivity index (χ0) is 21.2. The number of para-hydroxylation sites is 2. The highest BCUT2D eigenvalue weighted by Gasteiger charge is 2.30. The molecule has 29 heavy (non-hydrogen) atoms. The molecule has 0 saturated heterocycles. The van der Waals surface area contributed by atoms with Crippen LogP contribution in [0.5, 0.6) is 11.5 Å². The standard InChI is InChI=1S/C19H20F2N2O5S/c1-12(23(29(2,25)26)13-7-8-15(20)16(21)9-13)19(24)22-10-14-11-27-17-5-3-4-6-18(17)28-14/h3-9,12,14H,10-11H2,1-2H3,(H,22,24)/t12-,14+/m1/s1. The Balaban J connectivity index is 1.69. The van der Waals surface area contributed by atoms with Crippen LogP contribution in [0.15, 0.2) is 42.5 Å². The summed E-state index contributed by atoms with van der Waals surface area (Å²) in [6, 6.07) is 8.53. The first-order chi connectivity index (χ1) is 13.7. The summed E-state index contributed by atoms with van der Waals surface area (Å²) in [5, 5.41) is 2.61. The van der Waals surface area contributed by atoms with Crippen molar-refractivity contribution in [3.63, 3.8) is 0 Å². The number of benzene rings is 2. The van der Waals surface area contributed by atoms with E-state index in [2.05, 4.69) is 5.32 Å². The van der Waals surface area contributed by atoms with Crippen LogP contribution in [0.25, 0.3) is 0 Å². The molecule has 0 radical (unpaired) electrons. The number of carbonyl (C=O) groups is 1. The van der Waals surface area contributed by atoms with Crippen molar-refractivity contribution in [3.8, 4) is 11.5 Å². The largest absolute Gasteiger partial charge is 0.486 e. The number of carbonyl (C=O) groups excluding carboxylic acids is 1. The van der Waals surface area contributed by atoms with E-state index in [-0.39, 0.29) is 18.8 Å². The summed E-state index contributed by atoms with van der Waals surface area (Å²) in [6.07, 6.45) is 0.420. The van der Waals surface area contributed by atoms with Gasteiger partial charge in [0, 0.05) is 6.07 Å². The molecule has 1 amide bonds. The van der Waals surface area contributed by atoms with Crippen LogP contribution in [-0.4, -0.2) is 45.9 Å². The lowest BCUT2D eigenvalue weighted by Gasteiger charge is -2.30. The van der Waals surface area contributed by atoms with Crippen LogP contribution in [0.2, 0.25) is 0 Å². The van der Waals surface area contributed by atoms with Gasteiger partial charge in [0.25, 0.3) is 0 Å². The molecule has 0 bridgehead atoms. The molecule has 2 aromatic rings. The molecular weight excluding hydrogens is 406 g/mol. The van der Waals surface area contributed by atoms with Gasteiger partial charge >= 0.3 is 0 Å². The third-order valence-electron chi connectivity index (χ3n) is 4.32. The van der Waals surface area contributed by atoms with Crippen LogP contribution >= 0.6 is 0 Å². The van der Waals surface area contributed by atoms with Crippen molar-refractivity contribution in [3.05, 3.63) is 54.1 Å². The van der Waals surface area contributed by atoms with E-state index >= 15 is 0 Å². The Hall–Kier alpha value is -2.88. The zero-order valence-electron chi connectivity index (χ0n) is 15.8. The lowest BCUT2D eigenvalue weighted by atomic mass is 10.2. The molecule has 10 heteroatoms. The molecule has 2 aromatic carbocycles. The van der Waals surface area contributed by atoms with Gasteiger partial charge in [-0.1, -0.05) is 12.1 Å². The van der Waals surface area contributed by atoms with E-state index < -0.39 is 39.7 Å². The van der Waals surface area contributed by atoms with Gasteiger partial charge < -0.3 is 14.8 Å². The first-order valence-corrected chi connectivity index (χ1v) is 10.6. The molecule has 1 N–H and O–H groups in total. The predicted octanol–water partition coefficient (Wildman–Crippen LogP) is 2.08. The second-order valence-corrected chi connectivity index (χ2v) is 8.44. The maximum absolute atomic E-state index is 13.6. The topological polar surface area (TPSA) is 84.9 Å². The highest BCUT2D eigenvalue weighted by atomic mass is 32.2. The van der Waals surface area contributed by atoms with Crippen molar-refractivity contribution >= 4 is 21.6 Å². The fourth-order valence-electron chi connectivity index (χ4n) is 2.96. The Morgan fingerprint density at radius 3 is 2.55 bits per heavy atom. The average Bonchev–Trinajstić information content (AvgIpc) is 2.67. The van der Waals surface area contributed by atoms with Gasteiger partial charge in [-0.15, -0.1) is 0 Å². The van der Waals surface area contributed by atoms with Crippen molar-refractivity contribution < 1.29 is 31.5 Å². The highest BCUT2D eigenvalue weighted by Crippen LogP contribution is 2.30. The molecule has 0 unspecified atom stereocenters. The van der Waals surface area contributed by atoms with Gasteiger partial charge in [0.15, 0.2) is 23.1 Å². The number of halogens is 2. The molecule has 3 rings (SSSR count). The van der Waals surface area contributed by atoms with Crippen molar-refractivity contribution in [1.29, 1.82) is 0 Å². The van der Waals surface area contributed by atoms with Gasteiger partial charge in [-0.25, -0.2) is 17.2 Å². The minimum Gasteiger partial charge on any atom is -0.486 e. The number of hydrogen-bond acceptors (Lipinski definition) is 5. The van der Waals surface area contributed by atoms with Crippen LogP contribution in [-0.2, 0) is 14.8 Å². The minimum absolute atomic E-state index is 0.0763. The van der Waals surface area contributed by atoms with Gasteiger partial charge in [0.05, 0.1) is 18.5 Å². The molecule has 0 aliphatic carbocycles. The van der Waals surface area contributed by atoms with E-state index in [1.807, 2.05) is 6.07 Å². The van der Waals surface area contributed by atoms with Gasteiger partial charge in [-0.05, 0) is 31.2 Å². The van der Waals surface area contributed by atoms with Crippen LogP contribution in [0.4, 0.5) is 14.5 Å². The fourth-order valence-corrected chi connectivity index (χ4v) is 4.12. The Kier molecular flexibility index (Phi) is 5.92. The van der Waals surface area contributed by atoms with E-state index in [0.717, 1.165) is 28.8 Å². The van der Waals surface area contributed by atoms with E-state index in [9.17, 15) is 22.0 Å². The smallest absolute Gasteiger partial charge is 0.243 e. The molecule has 0 spiro atoms. The number of ether oxygens (including phenoxy) is 2. The summed E-state index contributed by atoms with van der Waals surface area (Å²) in [5.74, 6) is -1.80. The van der Waals surface area contributed by atoms with Gasteiger partial charge in [-0.2, -0.15) is 0 Å². The Labute approximate surface area is 167 Å².